The summed E-state index contributed by atoms with van der Waals surface area (Å²) in [4.78, 5) is 27.8. The summed E-state index contributed by atoms with van der Waals surface area (Å²) >= 11 is 0. The van der Waals surface area contributed by atoms with Gasteiger partial charge in [-0.25, -0.2) is 4.79 Å². The first kappa shape index (κ1) is 13.7. The minimum Gasteiger partial charge on any atom is -0.467 e. The molecule has 5 heteroatoms. The Morgan fingerprint density at radius 3 is 2.35 bits per heavy atom. The van der Waals surface area contributed by atoms with Crippen LogP contribution in [0.3, 0.4) is 0 Å². The molecule has 1 N–H and O–H groups in total. The summed E-state index contributed by atoms with van der Waals surface area (Å²) in [6.07, 6.45) is 3.11. The summed E-state index contributed by atoms with van der Waals surface area (Å²) in [6, 6.07) is 11.2. The molecule has 0 radical (unpaired) electrons. The van der Waals surface area contributed by atoms with Crippen LogP contribution in [0.5, 0.6) is 0 Å². The van der Waals surface area contributed by atoms with Crippen LogP contribution in [0.25, 0.3) is 0 Å². The van der Waals surface area contributed by atoms with Gasteiger partial charge < -0.3 is 10.1 Å². The number of nitrogens with one attached hydrogen (secondary N) is 1. The normalized spacial score (nSPS) is 11.4. The van der Waals surface area contributed by atoms with Gasteiger partial charge in [0.05, 0.1) is 7.11 Å². The van der Waals surface area contributed by atoms with E-state index in [1.54, 1.807) is 48.8 Å². The van der Waals surface area contributed by atoms with Gasteiger partial charge in [-0.2, -0.15) is 0 Å². The van der Waals surface area contributed by atoms with Gasteiger partial charge in [-0.15, -0.1) is 0 Å². The van der Waals surface area contributed by atoms with Gasteiger partial charge in [0.1, 0.15) is 0 Å². The van der Waals surface area contributed by atoms with Crippen LogP contribution < -0.4 is 5.32 Å². The molecule has 2 rings (SSSR count). The summed E-state index contributed by atoms with van der Waals surface area (Å²) in [6.45, 7) is 0. The third-order valence-corrected chi connectivity index (χ3v) is 2.79. The van der Waals surface area contributed by atoms with Crippen molar-refractivity contribution in [2.24, 2.45) is 0 Å². The molecule has 1 aromatic heterocycles. The van der Waals surface area contributed by atoms with E-state index in [0.29, 0.717) is 11.1 Å². The number of benzene rings is 1. The highest BCUT2D eigenvalue weighted by Crippen LogP contribution is 2.14. The molecule has 0 bridgehead atoms. The van der Waals surface area contributed by atoms with Gasteiger partial charge in [-0.05, 0) is 29.8 Å². The number of pyridine rings is 1. The van der Waals surface area contributed by atoms with Gasteiger partial charge in [-0.1, -0.05) is 18.2 Å². The number of nitrogens with zero attached hydrogens (tertiary/aromatic N) is 1. The Morgan fingerprint density at radius 1 is 1.10 bits per heavy atom. The third kappa shape index (κ3) is 3.20. The van der Waals surface area contributed by atoms with E-state index in [-0.39, 0.29) is 5.91 Å². The molecule has 20 heavy (non-hydrogen) atoms. The lowest BCUT2D eigenvalue weighted by Gasteiger charge is -2.16. The molecule has 0 spiro atoms. The number of ether oxygens (including phenoxy) is 1. The lowest BCUT2D eigenvalue weighted by atomic mass is 10.1. The number of carbonyl (C=O) groups is 2. The zero-order chi connectivity index (χ0) is 14.4. The highest BCUT2D eigenvalue weighted by molar-refractivity contribution is 5.96. The zero-order valence-corrected chi connectivity index (χ0v) is 10.9. The van der Waals surface area contributed by atoms with Crippen molar-refractivity contribution in [3.05, 3.63) is 66.0 Å². The fourth-order valence-electron chi connectivity index (χ4n) is 1.76. The molecular weight excluding hydrogens is 256 g/mol. The molecule has 0 aliphatic rings. The molecule has 0 aliphatic heterocycles. The van der Waals surface area contributed by atoms with Crippen molar-refractivity contribution in [1.29, 1.82) is 0 Å². The standard InChI is InChI=1S/C15H14N2O3/c1-20-15(19)13(11-7-9-16-10-8-11)17-14(18)12-5-3-2-4-6-12/h2-10,13H,1H3,(H,17,18). The summed E-state index contributed by atoms with van der Waals surface area (Å²) in [5.41, 5.74) is 1.10. The molecule has 1 unspecified atom stereocenters. The van der Waals surface area contributed by atoms with E-state index in [1.165, 1.54) is 7.11 Å². The van der Waals surface area contributed by atoms with Crippen molar-refractivity contribution in [2.45, 2.75) is 6.04 Å². The number of amides is 1. The van der Waals surface area contributed by atoms with E-state index < -0.39 is 12.0 Å². The second-order valence-electron chi connectivity index (χ2n) is 4.08. The minimum absolute atomic E-state index is 0.335. The largest absolute Gasteiger partial charge is 0.467 e. The number of aromatic nitrogens is 1. The molecule has 102 valence electrons. The average molecular weight is 270 g/mol. The highest BCUT2D eigenvalue weighted by atomic mass is 16.5. The smallest absolute Gasteiger partial charge is 0.333 e. The van der Waals surface area contributed by atoms with Gasteiger partial charge >= 0.3 is 5.97 Å². The van der Waals surface area contributed by atoms with Crippen LogP contribution >= 0.6 is 0 Å². The molecule has 2 aromatic rings. The Kier molecular flexibility index (Phi) is 4.44. The lowest BCUT2D eigenvalue weighted by molar-refractivity contribution is -0.143. The maximum Gasteiger partial charge on any atom is 0.333 e. The van der Waals surface area contributed by atoms with Gasteiger partial charge in [-0.3, -0.25) is 9.78 Å². The van der Waals surface area contributed by atoms with E-state index >= 15 is 0 Å². The predicted octanol–water partition coefficient (Wildman–Crippen LogP) is 1.73. The Balaban J connectivity index is 2.21. The van der Waals surface area contributed by atoms with Crippen LogP contribution in [-0.2, 0) is 9.53 Å². The second-order valence-corrected chi connectivity index (χ2v) is 4.08. The molecular formula is C15H14N2O3. The van der Waals surface area contributed by atoms with E-state index in [9.17, 15) is 9.59 Å². The number of methoxy groups -OCH3 is 1. The topological polar surface area (TPSA) is 68.3 Å². The summed E-state index contributed by atoms with van der Waals surface area (Å²) in [5, 5.41) is 2.66. The van der Waals surface area contributed by atoms with Crippen LogP contribution in [0.15, 0.2) is 54.9 Å². The fraction of sp³-hybridized carbons (Fsp3) is 0.133. The Labute approximate surface area is 116 Å². The van der Waals surface area contributed by atoms with Crippen molar-refractivity contribution in [1.82, 2.24) is 10.3 Å². The Morgan fingerprint density at radius 2 is 1.75 bits per heavy atom. The number of hydrogen-bond donors (Lipinski definition) is 1. The Bertz CT molecular complexity index is 585. The number of esters is 1. The van der Waals surface area contributed by atoms with Crippen molar-refractivity contribution < 1.29 is 14.3 Å². The maximum absolute atomic E-state index is 12.1. The zero-order valence-electron chi connectivity index (χ0n) is 10.9. The molecule has 5 nitrogen and oxygen atoms in total. The first-order chi connectivity index (χ1) is 9.72. The predicted molar refractivity (Wildman–Crippen MR) is 72.9 cm³/mol. The summed E-state index contributed by atoms with van der Waals surface area (Å²) < 4.78 is 4.73. The first-order valence-electron chi connectivity index (χ1n) is 6.06. The number of hydrogen-bond acceptors (Lipinski definition) is 4. The van der Waals surface area contributed by atoms with Gasteiger partial charge in [0, 0.05) is 18.0 Å². The minimum atomic E-state index is -0.851. The fourth-order valence-corrected chi connectivity index (χ4v) is 1.76. The molecule has 1 heterocycles. The average Bonchev–Trinajstić information content (AvgIpc) is 2.53. The SMILES string of the molecule is COC(=O)C(NC(=O)c1ccccc1)c1ccncc1. The van der Waals surface area contributed by atoms with Crippen LogP contribution in [0.1, 0.15) is 22.0 Å². The number of carbonyl (C=O) groups excluding carboxylic acids is 2. The van der Waals surface area contributed by atoms with Crippen molar-refractivity contribution in [3.63, 3.8) is 0 Å². The quantitative estimate of drug-likeness (QED) is 0.859. The van der Waals surface area contributed by atoms with Crippen LogP contribution in [0, 0.1) is 0 Å². The molecule has 1 atom stereocenters. The second kappa shape index (κ2) is 6.47. The van der Waals surface area contributed by atoms with E-state index in [0.717, 1.165) is 0 Å². The monoisotopic (exact) mass is 270 g/mol. The van der Waals surface area contributed by atoms with Crippen LogP contribution in [0.4, 0.5) is 0 Å². The Hall–Kier alpha value is -2.69. The molecule has 1 amide bonds. The van der Waals surface area contributed by atoms with Gasteiger partial charge in [0.15, 0.2) is 6.04 Å². The van der Waals surface area contributed by atoms with Gasteiger partial charge in [0.25, 0.3) is 5.91 Å². The van der Waals surface area contributed by atoms with Gasteiger partial charge in [0.2, 0.25) is 0 Å². The summed E-state index contributed by atoms with van der Waals surface area (Å²) in [5.74, 6) is -0.863. The van der Waals surface area contributed by atoms with Crippen LogP contribution in [-0.4, -0.2) is 24.0 Å². The molecule has 0 saturated heterocycles. The highest BCUT2D eigenvalue weighted by Gasteiger charge is 2.23. The van der Waals surface area contributed by atoms with Crippen molar-refractivity contribution in [2.75, 3.05) is 7.11 Å². The van der Waals surface area contributed by atoms with Crippen molar-refractivity contribution in [3.8, 4) is 0 Å². The van der Waals surface area contributed by atoms with E-state index in [2.05, 4.69) is 10.3 Å². The molecule has 0 fully saturated rings. The van der Waals surface area contributed by atoms with E-state index in [1.807, 2.05) is 6.07 Å². The van der Waals surface area contributed by atoms with Crippen molar-refractivity contribution >= 4 is 11.9 Å². The number of rotatable bonds is 4. The molecule has 1 aromatic carbocycles. The maximum atomic E-state index is 12.1. The molecule has 0 saturated carbocycles. The van der Waals surface area contributed by atoms with Crippen LogP contribution in [0.2, 0.25) is 0 Å². The molecule has 0 aliphatic carbocycles. The lowest BCUT2D eigenvalue weighted by Crippen LogP contribution is -2.34. The first-order valence-corrected chi connectivity index (χ1v) is 6.06. The third-order valence-electron chi connectivity index (χ3n) is 2.79. The summed E-state index contributed by atoms with van der Waals surface area (Å²) in [7, 11) is 1.28. The van der Waals surface area contributed by atoms with E-state index in [4.69, 9.17) is 4.74 Å².